The van der Waals surface area contributed by atoms with E-state index >= 15 is 0 Å². The van der Waals surface area contributed by atoms with Gasteiger partial charge in [-0.2, -0.15) is 18.3 Å². The highest BCUT2D eigenvalue weighted by Crippen LogP contribution is 2.37. The van der Waals surface area contributed by atoms with Crippen molar-refractivity contribution in [2.45, 2.75) is 95.0 Å². The minimum absolute atomic E-state index is 0.0738. The number of imide groups is 1. The van der Waals surface area contributed by atoms with E-state index in [-0.39, 0.29) is 35.9 Å². The lowest BCUT2D eigenvalue weighted by Gasteiger charge is -2.35. The molecule has 13 nitrogen and oxygen atoms in total. The lowest BCUT2D eigenvalue weighted by Crippen LogP contribution is -2.44. The molecule has 2 N–H and O–H groups in total. The Kier molecular flexibility index (Phi) is 12.3. The monoisotopic (exact) mass is 864 g/mol. The number of aromatic nitrogens is 5. The second kappa shape index (κ2) is 17.7. The average molecular weight is 865 g/mol. The molecule has 330 valence electrons. The highest BCUT2D eigenvalue weighted by atomic mass is 19.4. The minimum atomic E-state index is -4.77. The number of rotatable bonds is 14. The number of nitrogens with zero attached hydrogens (tertiary/aromatic N) is 6. The largest absolute Gasteiger partial charge is 0.433 e. The number of aryl methyl sites for hydroxylation is 1. The molecule has 2 aromatic carbocycles. The molecule has 1 atom stereocenters. The van der Waals surface area contributed by atoms with E-state index in [2.05, 4.69) is 32.7 Å². The van der Waals surface area contributed by atoms with Crippen molar-refractivity contribution >= 4 is 45.3 Å². The third-order valence-corrected chi connectivity index (χ3v) is 12.7. The SMILES string of the molecule is CN(CCCOC1CC(Cc2cccc3c2n(C)c(=O)n3C2CCC(=O)NC2=O)C1)CC1CCC(n2cc3cc(NC(=O)c4cccc(C(F)(F)F)n4)c(C(F)F)cc3n2)CC1. The number of benzene rings is 2. The molecule has 0 spiro atoms. The number of para-hydroxylation sites is 1. The Morgan fingerprint density at radius 1 is 1.02 bits per heavy atom. The number of carbonyl (C=O) groups is 3. The standard InChI is InChI=1S/C44H49F5N8O5/c1-54(16-5-17-62-30-19-26(20-30)18-27-6-3-8-35-39(27)55(2)43(61)57(35)36-14-15-38(58)52-42(36)60)23-25-10-12-29(13-11-25)56-24-28-21-34(31(40(45)46)22-33(28)53-56)51-41(59)32-7-4-9-37(50-32)44(47,48)49/h3-4,6-9,21-22,24-26,29-30,36,40H,5,10-20,23H2,1-2H3,(H,51,59)(H,52,58,60). The van der Waals surface area contributed by atoms with Crippen LogP contribution in [0, 0.1) is 11.8 Å². The van der Waals surface area contributed by atoms with Crippen molar-refractivity contribution < 1.29 is 41.1 Å². The van der Waals surface area contributed by atoms with E-state index in [1.165, 1.54) is 16.7 Å². The summed E-state index contributed by atoms with van der Waals surface area (Å²) in [7, 11) is 3.85. The maximum atomic E-state index is 14.1. The first-order valence-corrected chi connectivity index (χ1v) is 21.1. The van der Waals surface area contributed by atoms with Crippen molar-refractivity contribution in [1.82, 2.24) is 34.1 Å². The topological polar surface area (TPSA) is 145 Å². The van der Waals surface area contributed by atoms with Gasteiger partial charge in [0.05, 0.1) is 34.4 Å². The fourth-order valence-electron chi connectivity index (χ4n) is 9.40. The summed E-state index contributed by atoms with van der Waals surface area (Å²) in [5.74, 6) is -0.872. The van der Waals surface area contributed by atoms with Gasteiger partial charge in [0, 0.05) is 50.3 Å². The molecule has 5 aromatic rings. The summed E-state index contributed by atoms with van der Waals surface area (Å²) in [6.07, 6.45) is 1.98. The Bertz CT molecular complexity index is 2540. The number of hydrogen-bond acceptors (Lipinski definition) is 8. The third kappa shape index (κ3) is 9.16. The van der Waals surface area contributed by atoms with Gasteiger partial charge in [-0.05, 0) is 113 Å². The van der Waals surface area contributed by atoms with Gasteiger partial charge < -0.3 is 15.0 Å². The Morgan fingerprint density at radius 3 is 2.50 bits per heavy atom. The molecule has 2 saturated carbocycles. The van der Waals surface area contributed by atoms with Gasteiger partial charge in [0.15, 0.2) is 0 Å². The van der Waals surface area contributed by atoms with Gasteiger partial charge in [-0.15, -0.1) is 0 Å². The number of imidazole rings is 1. The van der Waals surface area contributed by atoms with E-state index in [0.717, 1.165) is 93.7 Å². The highest BCUT2D eigenvalue weighted by molar-refractivity contribution is 6.04. The predicted octanol–water partition coefficient (Wildman–Crippen LogP) is 7.36. The number of nitrogens with one attached hydrogen (secondary N) is 2. The van der Waals surface area contributed by atoms with Crippen LogP contribution in [0.25, 0.3) is 21.9 Å². The van der Waals surface area contributed by atoms with Crippen molar-refractivity contribution in [3.63, 3.8) is 0 Å². The molecule has 0 radical (unpaired) electrons. The number of hydrogen-bond donors (Lipinski definition) is 2. The fraction of sp³-hybridized carbons (Fsp3) is 0.500. The minimum Gasteiger partial charge on any atom is -0.378 e. The molecular formula is C44H49F5N8O5. The molecule has 0 bridgehead atoms. The van der Waals surface area contributed by atoms with E-state index in [9.17, 15) is 41.1 Å². The van der Waals surface area contributed by atoms with Crippen molar-refractivity contribution in [2.75, 3.05) is 32.1 Å². The van der Waals surface area contributed by atoms with E-state index in [1.807, 2.05) is 18.2 Å². The summed E-state index contributed by atoms with van der Waals surface area (Å²) in [5.41, 5.74) is 0.148. The van der Waals surface area contributed by atoms with Crippen molar-refractivity contribution in [2.24, 2.45) is 18.9 Å². The predicted molar refractivity (Wildman–Crippen MR) is 220 cm³/mol. The van der Waals surface area contributed by atoms with Crippen LogP contribution in [0.15, 0.2) is 59.5 Å². The molecule has 1 unspecified atom stereocenters. The third-order valence-electron chi connectivity index (χ3n) is 12.7. The van der Waals surface area contributed by atoms with E-state index in [0.29, 0.717) is 41.3 Å². The molecular weight excluding hydrogens is 816 g/mol. The molecule has 3 aromatic heterocycles. The van der Waals surface area contributed by atoms with Crippen LogP contribution in [0.2, 0.25) is 0 Å². The van der Waals surface area contributed by atoms with Crippen LogP contribution in [0.4, 0.5) is 27.6 Å². The first-order chi connectivity index (χ1) is 29.6. The molecule has 1 aliphatic heterocycles. The number of carbonyl (C=O) groups excluding carboxylic acids is 3. The van der Waals surface area contributed by atoms with Gasteiger partial charge in [0.25, 0.3) is 12.3 Å². The molecule has 1 saturated heterocycles. The van der Waals surface area contributed by atoms with Crippen molar-refractivity contribution in [3.05, 3.63) is 87.7 Å². The Balaban J connectivity index is 0.770. The van der Waals surface area contributed by atoms with Crippen LogP contribution in [-0.2, 0) is 34.0 Å². The van der Waals surface area contributed by atoms with Crippen LogP contribution in [0.3, 0.4) is 0 Å². The average Bonchev–Trinajstić information content (AvgIpc) is 3.75. The maximum absolute atomic E-state index is 14.1. The number of ether oxygens (including phenoxy) is 1. The number of fused-ring (bicyclic) bond motifs is 2. The fourth-order valence-corrected chi connectivity index (χ4v) is 9.40. The Morgan fingerprint density at radius 2 is 1.77 bits per heavy atom. The summed E-state index contributed by atoms with van der Waals surface area (Å²) >= 11 is 0. The van der Waals surface area contributed by atoms with Crippen molar-refractivity contribution in [3.8, 4) is 0 Å². The van der Waals surface area contributed by atoms with Gasteiger partial charge in [-0.1, -0.05) is 18.2 Å². The van der Waals surface area contributed by atoms with Gasteiger partial charge in [-0.25, -0.2) is 18.6 Å². The zero-order valence-corrected chi connectivity index (χ0v) is 34.5. The second-order valence-corrected chi connectivity index (χ2v) is 17.1. The first kappa shape index (κ1) is 43.2. The van der Waals surface area contributed by atoms with Crippen LogP contribution in [0.5, 0.6) is 0 Å². The van der Waals surface area contributed by atoms with Crippen LogP contribution in [-0.4, -0.2) is 79.4 Å². The summed E-state index contributed by atoms with van der Waals surface area (Å²) in [6.45, 7) is 2.51. The number of amides is 3. The first-order valence-electron chi connectivity index (χ1n) is 21.1. The van der Waals surface area contributed by atoms with E-state index in [1.54, 1.807) is 22.5 Å². The van der Waals surface area contributed by atoms with E-state index in [4.69, 9.17) is 4.74 Å². The molecule has 2 aliphatic carbocycles. The molecule has 3 amide bonds. The second-order valence-electron chi connectivity index (χ2n) is 17.1. The molecule has 62 heavy (non-hydrogen) atoms. The summed E-state index contributed by atoms with van der Waals surface area (Å²) < 4.78 is 78.8. The van der Waals surface area contributed by atoms with Gasteiger partial charge in [0.2, 0.25) is 11.8 Å². The quantitative estimate of drug-likeness (QED) is 0.0670. The normalized spacial score (nSPS) is 22.1. The number of pyridine rings is 1. The number of anilines is 1. The van der Waals surface area contributed by atoms with Crippen LogP contribution < -0.4 is 16.3 Å². The lowest BCUT2D eigenvalue weighted by atomic mass is 9.78. The van der Waals surface area contributed by atoms with E-state index < -0.39 is 47.4 Å². The van der Waals surface area contributed by atoms with Gasteiger partial charge in [-0.3, -0.25) is 33.5 Å². The zero-order valence-electron chi connectivity index (χ0n) is 34.5. The molecule has 4 heterocycles. The summed E-state index contributed by atoms with van der Waals surface area (Å²) in [4.78, 5) is 56.1. The van der Waals surface area contributed by atoms with Crippen LogP contribution >= 0.6 is 0 Å². The number of alkyl halides is 5. The van der Waals surface area contributed by atoms with Gasteiger partial charge >= 0.3 is 11.9 Å². The number of halogens is 5. The maximum Gasteiger partial charge on any atom is 0.433 e. The summed E-state index contributed by atoms with van der Waals surface area (Å²) in [5, 5.41) is 9.81. The van der Waals surface area contributed by atoms with Crippen LogP contribution in [0.1, 0.15) is 104 Å². The zero-order chi connectivity index (χ0) is 43.9. The smallest absolute Gasteiger partial charge is 0.378 e. The Hall–Kier alpha value is -5.49. The highest BCUT2D eigenvalue weighted by Gasteiger charge is 2.35. The molecule has 18 heteroatoms. The van der Waals surface area contributed by atoms with Gasteiger partial charge in [0.1, 0.15) is 17.4 Å². The molecule has 8 rings (SSSR count). The lowest BCUT2D eigenvalue weighted by molar-refractivity contribution is -0.141. The molecule has 3 fully saturated rings. The number of piperidine rings is 1. The Labute approximate surface area is 353 Å². The summed E-state index contributed by atoms with van der Waals surface area (Å²) in [6, 6.07) is 10.6. The molecule has 3 aliphatic rings. The van der Waals surface area contributed by atoms with Crippen molar-refractivity contribution in [1.29, 1.82) is 0 Å².